The lowest BCUT2D eigenvalue weighted by molar-refractivity contribution is 0.544. The molecule has 0 amide bonds. The quantitative estimate of drug-likeness (QED) is 0.714. The Balaban J connectivity index is 2.40. The molecule has 0 saturated carbocycles. The molecular formula is C13H23BrN4. The zero-order valence-corrected chi connectivity index (χ0v) is 13.0. The van der Waals surface area contributed by atoms with Crippen LogP contribution in [-0.2, 0) is 0 Å². The number of halogens is 1. The van der Waals surface area contributed by atoms with Gasteiger partial charge in [-0.25, -0.2) is 9.97 Å². The predicted octanol–water partition coefficient (Wildman–Crippen LogP) is 3.91. The van der Waals surface area contributed by atoms with E-state index in [4.69, 9.17) is 0 Å². The van der Waals surface area contributed by atoms with E-state index in [1.807, 2.05) is 6.92 Å². The van der Waals surface area contributed by atoms with Gasteiger partial charge in [0.1, 0.15) is 22.4 Å². The van der Waals surface area contributed by atoms with Gasteiger partial charge in [-0.2, -0.15) is 0 Å². The normalized spacial score (nSPS) is 10.7. The monoisotopic (exact) mass is 314 g/mol. The van der Waals surface area contributed by atoms with Crippen LogP contribution < -0.4 is 10.6 Å². The van der Waals surface area contributed by atoms with E-state index in [1.165, 1.54) is 19.3 Å². The van der Waals surface area contributed by atoms with Crippen LogP contribution in [0.4, 0.5) is 11.6 Å². The molecule has 102 valence electrons. The summed E-state index contributed by atoms with van der Waals surface area (Å²) in [6, 6.07) is 0. The second-order valence-corrected chi connectivity index (χ2v) is 5.52. The van der Waals surface area contributed by atoms with Gasteiger partial charge in [0.15, 0.2) is 0 Å². The van der Waals surface area contributed by atoms with Crippen molar-refractivity contribution in [1.29, 1.82) is 0 Å². The average Bonchev–Trinajstić information content (AvgIpc) is 2.33. The van der Waals surface area contributed by atoms with E-state index in [0.29, 0.717) is 0 Å². The summed E-state index contributed by atoms with van der Waals surface area (Å²) >= 11 is 3.52. The minimum Gasteiger partial charge on any atom is -0.369 e. The average molecular weight is 315 g/mol. The van der Waals surface area contributed by atoms with Crippen molar-refractivity contribution >= 4 is 27.6 Å². The van der Waals surface area contributed by atoms with Crippen LogP contribution >= 0.6 is 15.9 Å². The first-order chi connectivity index (χ1) is 8.65. The first-order valence-electron chi connectivity index (χ1n) is 6.63. The Morgan fingerprint density at radius 2 is 1.83 bits per heavy atom. The molecule has 0 fully saturated rings. The first-order valence-corrected chi connectivity index (χ1v) is 7.42. The van der Waals surface area contributed by atoms with E-state index in [1.54, 1.807) is 6.33 Å². The summed E-state index contributed by atoms with van der Waals surface area (Å²) in [5.74, 6) is 2.50. The molecule has 5 heteroatoms. The first kappa shape index (κ1) is 15.2. The van der Waals surface area contributed by atoms with Gasteiger partial charge in [-0.15, -0.1) is 0 Å². The number of aromatic nitrogens is 2. The summed E-state index contributed by atoms with van der Waals surface area (Å²) in [5, 5.41) is 6.54. The van der Waals surface area contributed by atoms with Crippen molar-refractivity contribution < 1.29 is 0 Å². The lowest BCUT2D eigenvalue weighted by atomic mass is 10.1. The summed E-state index contributed by atoms with van der Waals surface area (Å²) in [4.78, 5) is 8.43. The maximum absolute atomic E-state index is 4.24. The van der Waals surface area contributed by atoms with Crippen LogP contribution in [0.15, 0.2) is 10.8 Å². The zero-order valence-electron chi connectivity index (χ0n) is 11.5. The van der Waals surface area contributed by atoms with Gasteiger partial charge in [-0.05, 0) is 35.2 Å². The summed E-state index contributed by atoms with van der Waals surface area (Å²) in [7, 11) is 0. The van der Waals surface area contributed by atoms with Gasteiger partial charge >= 0.3 is 0 Å². The molecule has 0 atom stereocenters. The number of nitrogens with one attached hydrogen (secondary N) is 2. The van der Waals surface area contributed by atoms with E-state index >= 15 is 0 Å². The molecule has 0 radical (unpaired) electrons. The van der Waals surface area contributed by atoms with E-state index in [2.05, 4.69) is 50.4 Å². The van der Waals surface area contributed by atoms with Crippen molar-refractivity contribution in [3.8, 4) is 0 Å². The maximum atomic E-state index is 4.24. The van der Waals surface area contributed by atoms with Gasteiger partial charge in [0.25, 0.3) is 0 Å². The molecule has 2 N–H and O–H groups in total. The van der Waals surface area contributed by atoms with E-state index in [9.17, 15) is 0 Å². The maximum Gasteiger partial charge on any atom is 0.145 e. The van der Waals surface area contributed by atoms with Crippen molar-refractivity contribution in [3.05, 3.63) is 10.8 Å². The molecule has 0 unspecified atom stereocenters. The lowest BCUT2D eigenvalue weighted by Crippen LogP contribution is -2.07. The Morgan fingerprint density at radius 1 is 1.17 bits per heavy atom. The molecule has 0 aliphatic heterocycles. The highest BCUT2D eigenvalue weighted by atomic mass is 79.9. The largest absolute Gasteiger partial charge is 0.369 e. The van der Waals surface area contributed by atoms with Crippen LogP contribution in [0.1, 0.15) is 40.0 Å². The van der Waals surface area contributed by atoms with Crippen molar-refractivity contribution in [2.75, 3.05) is 23.7 Å². The third kappa shape index (κ3) is 5.21. The van der Waals surface area contributed by atoms with Gasteiger partial charge < -0.3 is 10.6 Å². The predicted molar refractivity (Wildman–Crippen MR) is 81.1 cm³/mol. The lowest BCUT2D eigenvalue weighted by Gasteiger charge is -2.11. The second kappa shape index (κ2) is 8.29. The smallest absolute Gasteiger partial charge is 0.145 e. The molecule has 0 saturated heterocycles. The molecule has 18 heavy (non-hydrogen) atoms. The van der Waals surface area contributed by atoms with Crippen molar-refractivity contribution in [2.24, 2.45) is 5.92 Å². The molecule has 1 aromatic rings. The summed E-state index contributed by atoms with van der Waals surface area (Å²) in [6.45, 7) is 8.37. The third-order valence-corrected chi connectivity index (χ3v) is 3.39. The van der Waals surface area contributed by atoms with Crippen molar-refractivity contribution in [1.82, 2.24) is 9.97 Å². The molecule has 0 bridgehead atoms. The Labute approximate surface area is 118 Å². The number of hydrogen-bond donors (Lipinski definition) is 2. The fraction of sp³-hybridized carbons (Fsp3) is 0.692. The third-order valence-electron chi connectivity index (χ3n) is 2.63. The number of anilines is 2. The molecule has 1 aromatic heterocycles. The van der Waals surface area contributed by atoms with Crippen LogP contribution in [0.3, 0.4) is 0 Å². The van der Waals surface area contributed by atoms with Gasteiger partial charge in [0.2, 0.25) is 0 Å². The highest BCUT2D eigenvalue weighted by molar-refractivity contribution is 9.10. The zero-order chi connectivity index (χ0) is 13.4. The van der Waals surface area contributed by atoms with Crippen molar-refractivity contribution in [3.63, 3.8) is 0 Å². The molecule has 1 rings (SSSR count). The van der Waals surface area contributed by atoms with Crippen LogP contribution in [-0.4, -0.2) is 23.1 Å². The molecule has 1 heterocycles. The second-order valence-electron chi connectivity index (χ2n) is 4.73. The van der Waals surface area contributed by atoms with Gasteiger partial charge in [-0.1, -0.05) is 26.7 Å². The van der Waals surface area contributed by atoms with Crippen LogP contribution in [0.5, 0.6) is 0 Å². The van der Waals surface area contributed by atoms with Gasteiger partial charge in [0.05, 0.1) is 0 Å². The topological polar surface area (TPSA) is 49.8 Å². The van der Waals surface area contributed by atoms with E-state index in [0.717, 1.165) is 35.1 Å². The van der Waals surface area contributed by atoms with Crippen LogP contribution in [0.25, 0.3) is 0 Å². The fourth-order valence-electron chi connectivity index (χ4n) is 1.67. The SMILES string of the molecule is CCNc1ncnc(NCCCCC(C)C)c1Br. The summed E-state index contributed by atoms with van der Waals surface area (Å²) < 4.78 is 0.913. The molecule has 0 aliphatic rings. The highest BCUT2D eigenvalue weighted by Gasteiger charge is 2.06. The van der Waals surface area contributed by atoms with Gasteiger partial charge in [-0.3, -0.25) is 0 Å². The number of hydrogen-bond acceptors (Lipinski definition) is 4. The molecule has 4 nitrogen and oxygen atoms in total. The van der Waals surface area contributed by atoms with Crippen LogP contribution in [0.2, 0.25) is 0 Å². The molecule has 0 spiro atoms. The van der Waals surface area contributed by atoms with Crippen molar-refractivity contribution in [2.45, 2.75) is 40.0 Å². The standard InChI is InChI=1S/C13H23BrN4/c1-4-15-12-11(14)13(18-9-17-12)16-8-6-5-7-10(2)3/h9-10H,4-8H2,1-3H3,(H2,15,16,17,18). The van der Waals surface area contributed by atoms with Gasteiger partial charge in [0, 0.05) is 13.1 Å². The summed E-state index contributed by atoms with van der Waals surface area (Å²) in [6.07, 6.45) is 5.30. The Morgan fingerprint density at radius 3 is 2.44 bits per heavy atom. The minimum absolute atomic E-state index is 0.788. The summed E-state index contributed by atoms with van der Waals surface area (Å²) in [5.41, 5.74) is 0. The highest BCUT2D eigenvalue weighted by Crippen LogP contribution is 2.26. The molecule has 0 aliphatic carbocycles. The van der Waals surface area contributed by atoms with E-state index in [-0.39, 0.29) is 0 Å². The number of rotatable bonds is 8. The Bertz CT molecular complexity index is 355. The molecular weight excluding hydrogens is 292 g/mol. The minimum atomic E-state index is 0.788. The fourth-order valence-corrected chi connectivity index (χ4v) is 2.15. The Kier molecular flexibility index (Phi) is 7.01. The Hall–Kier alpha value is -0.840. The van der Waals surface area contributed by atoms with Crippen LogP contribution in [0, 0.1) is 5.92 Å². The van der Waals surface area contributed by atoms with E-state index < -0.39 is 0 Å². The molecule has 0 aromatic carbocycles. The number of nitrogens with zero attached hydrogens (tertiary/aromatic N) is 2. The number of unbranched alkanes of at least 4 members (excludes halogenated alkanes) is 1.